The van der Waals surface area contributed by atoms with Crippen LogP contribution in [0.25, 0.3) is 5.69 Å². The number of carbonyl (C=O) groups excluding carboxylic acids is 2. The lowest BCUT2D eigenvalue weighted by Gasteiger charge is -2.46. The molecule has 2 heterocycles. The molecule has 0 unspecified atom stereocenters. The molecule has 0 aliphatic carbocycles. The highest BCUT2D eigenvalue weighted by atomic mass is 19.4. The van der Waals surface area contributed by atoms with Gasteiger partial charge in [0.2, 0.25) is 0 Å². The predicted octanol–water partition coefficient (Wildman–Crippen LogP) is 5.10. The van der Waals surface area contributed by atoms with E-state index in [-0.39, 0.29) is 43.4 Å². The minimum absolute atomic E-state index is 0.0422. The second-order valence-electron chi connectivity index (χ2n) is 12.3. The third-order valence-electron chi connectivity index (χ3n) is 6.78. The van der Waals surface area contributed by atoms with Gasteiger partial charge < -0.3 is 19.6 Å². The number of ether oxygens (including phenoxy) is 1. The number of rotatable bonds is 8. The first-order chi connectivity index (χ1) is 19.3. The molecular formula is C28H37F4N5O5. The molecule has 0 saturated carbocycles. The molecule has 1 saturated heterocycles. The van der Waals surface area contributed by atoms with E-state index in [9.17, 15) is 37.1 Å². The van der Waals surface area contributed by atoms with Crippen LogP contribution in [0.3, 0.4) is 0 Å². The zero-order valence-electron chi connectivity index (χ0n) is 24.5. The smallest absolute Gasteiger partial charge is 0.410 e. The fraction of sp³-hybridized carbons (Fsp3) is 0.607. The molecule has 1 fully saturated rings. The van der Waals surface area contributed by atoms with E-state index in [0.29, 0.717) is 0 Å². The summed E-state index contributed by atoms with van der Waals surface area (Å²) < 4.78 is 60.9. The highest BCUT2D eigenvalue weighted by Gasteiger charge is 2.47. The normalized spacial score (nSPS) is 19.6. The average Bonchev–Trinajstić information content (AvgIpc) is 3.27. The average molecular weight is 600 g/mol. The molecule has 1 aromatic heterocycles. The maximum atomic E-state index is 14.6. The molecule has 42 heavy (non-hydrogen) atoms. The first kappa shape index (κ1) is 32.8. The number of hydrogen-bond acceptors (Lipinski definition) is 6. The van der Waals surface area contributed by atoms with Crippen molar-refractivity contribution in [3.05, 3.63) is 41.5 Å². The molecule has 0 spiro atoms. The first-order valence-corrected chi connectivity index (χ1v) is 13.6. The topological polar surface area (TPSA) is 118 Å². The number of carboxylic acid groups (broad SMARTS) is 1. The van der Waals surface area contributed by atoms with Gasteiger partial charge in [-0.1, -0.05) is 31.2 Å². The number of halogens is 4. The Hall–Kier alpha value is -3.71. The van der Waals surface area contributed by atoms with Gasteiger partial charge in [0.05, 0.1) is 17.2 Å². The zero-order valence-corrected chi connectivity index (χ0v) is 24.5. The molecule has 3 rings (SSSR count). The second-order valence-corrected chi connectivity index (χ2v) is 12.3. The number of carboxylic acids is 1. The molecule has 10 nitrogen and oxygen atoms in total. The fourth-order valence-electron chi connectivity index (χ4n) is 4.92. The molecule has 2 aromatic rings. The number of benzene rings is 1. The van der Waals surface area contributed by atoms with Gasteiger partial charge in [0.15, 0.2) is 5.69 Å². The molecule has 232 valence electrons. The summed E-state index contributed by atoms with van der Waals surface area (Å²) in [6, 6.07) is 4.44. The van der Waals surface area contributed by atoms with E-state index in [1.165, 1.54) is 34.9 Å². The molecule has 2 amide bonds. The molecular weight excluding hydrogens is 562 g/mol. The lowest BCUT2D eigenvalue weighted by molar-refractivity contribution is -0.152. The minimum atomic E-state index is -4.58. The van der Waals surface area contributed by atoms with Crippen molar-refractivity contribution in [3.8, 4) is 5.69 Å². The largest absolute Gasteiger partial charge is 0.481 e. The number of piperidine rings is 1. The summed E-state index contributed by atoms with van der Waals surface area (Å²) in [7, 11) is 0. The fourth-order valence-corrected chi connectivity index (χ4v) is 4.92. The van der Waals surface area contributed by atoms with Crippen LogP contribution in [0.1, 0.15) is 70.6 Å². The van der Waals surface area contributed by atoms with Gasteiger partial charge in [-0.2, -0.15) is 13.2 Å². The van der Waals surface area contributed by atoms with Crippen molar-refractivity contribution in [1.29, 1.82) is 0 Å². The zero-order chi connectivity index (χ0) is 31.6. The Morgan fingerprint density at radius 2 is 1.83 bits per heavy atom. The van der Waals surface area contributed by atoms with Crippen molar-refractivity contribution in [2.24, 2.45) is 11.3 Å². The van der Waals surface area contributed by atoms with E-state index in [1.807, 2.05) is 13.8 Å². The van der Waals surface area contributed by atoms with Gasteiger partial charge in [-0.3, -0.25) is 9.59 Å². The Kier molecular flexibility index (Phi) is 9.57. The number of nitrogens with zero attached hydrogens (tertiary/aromatic N) is 5. The van der Waals surface area contributed by atoms with Crippen molar-refractivity contribution in [2.75, 3.05) is 19.6 Å². The van der Waals surface area contributed by atoms with Gasteiger partial charge in [0.1, 0.15) is 17.1 Å². The lowest BCUT2D eigenvalue weighted by atomic mass is 9.79. The van der Waals surface area contributed by atoms with E-state index < -0.39 is 65.6 Å². The van der Waals surface area contributed by atoms with Gasteiger partial charge in [0, 0.05) is 32.5 Å². The predicted molar refractivity (Wildman–Crippen MR) is 144 cm³/mol. The number of amides is 2. The molecule has 0 bridgehead atoms. The van der Waals surface area contributed by atoms with Crippen LogP contribution in [-0.4, -0.2) is 85.3 Å². The van der Waals surface area contributed by atoms with Crippen LogP contribution < -0.4 is 0 Å². The van der Waals surface area contributed by atoms with Gasteiger partial charge in [0.25, 0.3) is 5.91 Å². The molecule has 1 aliphatic heterocycles. The second kappa shape index (κ2) is 12.3. The monoisotopic (exact) mass is 599 g/mol. The third kappa shape index (κ3) is 7.97. The summed E-state index contributed by atoms with van der Waals surface area (Å²) in [5.74, 6) is -2.91. The highest BCUT2D eigenvalue weighted by Crippen LogP contribution is 2.35. The maximum absolute atomic E-state index is 14.6. The van der Waals surface area contributed by atoms with E-state index in [2.05, 4.69) is 10.3 Å². The maximum Gasteiger partial charge on any atom is 0.410 e. The molecule has 0 radical (unpaired) electrons. The Morgan fingerprint density at radius 1 is 1.19 bits per heavy atom. The van der Waals surface area contributed by atoms with Gasteiger partial charge in [-0.15, -0.1) is 5.10 Å². The number of alkyl halides is 3. The van der Waals surface area contributed by atoms with Crippen molar-refractivity contribution >= 4 is 18.0 Å². The minimum Gasteiger partial charge on any atom is -0.481 e. The van der Waals surface area contributed by atoms with Crippen LogP contribution in [-0.2, 0) is 16.0 Å². The Labute approximate surface area is 241 Å². The first-order valence-electron chi connectivity index (χ1n) is 13.6. The number of hydrogen-bond donors (Lipinski definition) is 1. The summed E-state index contributed by atoms with van der Waals surface area (Å²) in [4.78, 5) is 42.0. The number of likely N-dealkylation sites (tertiary alicyclic amines) is 1. The van der Waals surface area contributed by atoms with Crippen LogP contribution in [0.15, 0.2) is 24.3 Å². The quantitative estimate of drug-likeness (QED) is 0.420. The Balaban J connectivity index is 2.09. The van der Waals surface area contributed by atoms with E-state index in [1.54, 1.807) is 20.8 Å². The van der Waals surface area contributed by atoms with Crippen LogP contribution in [0.5, 0.6) is 0 Å². The summed E-state index contributed by atoms with van der Waals surface area (Å²) in [5, 5.41) is 17.8. The summed E-state index contributed by atoms with van der Waals surface area (Å²) in [6.07, 6.45) is -7.40. The SMILES string of the molecule is CC(C)CN(C(=O)c1nnn(-c2ccccc2F)c1CCC(F)(F)F)[C@@H]1CN(C(=O)OC(C)(C)C)C[C@](C)(C(=O)O)C1. The lowest BCUT2D eigenvalue weighted by Crippen LogP contribution is -2.60. The molecule has 1 aromatic carbocycles. The van der Waals surface area contributed by atoms with E-state index >= 15 is 0 Å². The standard InChI is InChI=1S/C28H37F4N5O5/c1-17(2)14-36(18-13-27(6,24(39)40)16-35(15-18)25(41)42-26(3,4)5)23(38)22-21(11-12-28(30,31)32)37(34-33-22)20-10-8-7-9-19(20)29/h7-10,17-18H,11-16H2,1-6H3,(H,39,40)/t18-,27+/m0/s1. The summed E-state index contributed by atoms with van der Waals surface area (Å²) in [5.41, 5.74) is -3.15. The van der Waals surface area contributed by atoms with Gasteiger partial charge in [-0.25, -0.2) is 13.9 Å². The van der Waals surface area contributed by atoms with Crippen LogP contribution in [0, 0.1) is 17.2 Å². The van der Waals surface area contributed by atoms with Crippen molar-refractivity contribution < 1.29 is 41.8 Å². The molecule has 14 heteroatoms. The van der Waals surface area contributed by atoms with Crippen molar-refractivity contribution in [2.45, 2.75) is 78.6 Å². The van der Waals surface area contributed by atoms with Crippen molar-refractivity contribution in [3.63, 3.8) is 0 Å². The highest BCUT2D eigenvalue weighted by molar-refractivity contribution is 5.94. The van der Waals surface area contributed by atoms with E-state index in [4.69, 9.17) is 4.74 Å². The number of para-hydroxylation sites is 1. The van der Waals surface area contributed by atoms with Crippen LogP contribution >= 0.6 is 0 Å². The molecule has 1 N–H and O–H groups in total. The van der Waals surface area contributed by atoms with Crippen LogP contribution in [0.4, 0.5) is 22.4 Å². The third-order valence-corrected chi connectivity index (χ3v) is 6.78. The Morgan fingerprint density at radius 3 is 2.38 bits per heavy atom. The summed E-state index contributed by atoms with van der Waals surface area (Å²) in [6.45, 7) is 9.91. The van der Waals surface area contributed by atoms with Crippen LogP contribution in [0.2, 0.25) is 0 Å². The number of aromatic nitrogens is 3. The van der Waals surface area contributed by atoms with E-state index in [0.717, 1.165) is 10.7 Å². The van der Waals surface area contributed by atoms with Gasteiger partial charge >= 0.3 is 18.2 Å². The molecule has 1 aliphatic rings. The summed E-state index contributed by atoms with van der Waals surface area (Å²) >= 11 is 0. The van der Waals surface area contributed by atoms with Crippen molar-refractivity contribution in [1.82, 2.24) is 24.8 Å². The van der Waals surface area contributed by atoms with Gasteiger partial charge in [-0.05, 0) is 52.2 Å². The Bertz CT molecular complexity index is 1310. The number of aliphatic carboxylic acids is 1. The molecule has 2 atom stereocenters. The number of carbonyl (C=O) groups is 3.